The first-order chi connectivity index (χ1) is 11.1. The largest absolute Gasteiger partial charge is 0.342 e. The summed E-state index contributed by atoms with van der Waals surface area (Å²) < 4.78 is 0. The minimum Gasteiger partial charge on any atom is -0.342 e. The van der Waals surface area contributed by atoms with Gasteiger partial charge in [0.15, 0.2) is 0 Å². The summed E-state index contributed by atoms with van der Waals surface area (Å²) in [6, 6.07) is 3.79. The maximum atomic E-state index is 13.2. The number of fused-ring (bicyclic) bond motifs is 1. The van der Waals surface area contributed by atoms with Crippen molar-refractivity contribution in [1.29, 1.82) is 0 Å². The van der Waals surface area contributed by atoms with Gasteiger partial charge in [0, 0.05) is 45.2 Å². The van der Waals surface area contributed by atoms with Gasteiger partial charge in [0.1, 0.15) is 0 Å². The van der Waals surface area contributed by atoms with Crippen molar-refractivity contribution in [3.05, 3.63) is 22.4 Å². The molecule has 3 fully saturated rings. The van der Waals surface area contributed by atoms with Crippen LogP contribution in [-0.4, -0.2) is 72.8 Å². The zero-order valence-electron chi connectivity index (χ0n) is 13.5. The van der Waals surface area contributed by atoms with E-state index < -0.39 is 0 Å². The van der Waals surface area contributed by atoms with Gasteiger partial charge < -0.3 is 14.7 Å². The number of carbonyl (C=O) groups excluding carboxylic acids is 2. The molecule has 0 aliphatic carbocycles. The highest BCUT2D eigenvalue weighted by Crippen LogP contribution is 2.44. The van der Waals surface area contributed by atoms with E-state index in [1.807, 2.05) is 27.3 Å². The van der Waals surface area contributed by atoms with Crippen molar-refractivity contribution in [2.24, 2.45) is 11.3 Å². The zero-order valence-corrected chi connectivity index (χ0v) is 14.3. The molecule has 1 aromatic heterocycles. The van der Waals surface area contributed by atoms with Crippen LogP contribution in [0.4, 0.5) is 0 Å². The Kier molecular flexibility index (Phi) is 3.69. The average molecular weight is 333 g/mol. The van der Waals surface area contributed by atoms with E-state index in [-0.39, 0.29) is 23.1 Å². The highest BCUT2D eigenvalue weighted by molar-refractivity contribution is 7.12. The monoisotopic (exact) mass is 333 g/mol. The lowest BCUT2D eigenvalue weighted by molar-refractivity contribution is -0.141. The zero-order chi connectivity index (χ0) is 16.0. The Morgan fingerprint density at radius 1 is 1.17 bits per heavy atom. The molecule has 3 aliphatic heterocycles. The molecular formula is C17H23N3O2S. The van der Waals surface area contributed by atoms with E-state index in [2.05, 4.69) is 11.9 Å². The van der Waals surface area contributed by atoms with Crippen LogP contribution in [-0.2, 0) is 4.79 Å². The van der Waals surface area contributed by atoms with Crippen molar-refractivity contribution in [2.45, 2.75) is 12.8 Å². The summed E-state index contributed by atoms with van der Waals surface area (Å²) >= 11 is 1.48. The van der Waals surface area contributed by atoms with Gasteiger partial charge in [-0.1, -0.05) is 6.07 Å². The molecule has 0 N–H and O–H groups in total. The Morgan fingerprint density at radius 3 is 2.65 bits per heavy atom. The van der Waals surface area contributed by atoms with Crippen LogP contribution in [0.5, 0.6) is 0 Å². The van der Waals surface area contributed by atoms with E-state index >= 15 is 0 Å². The summed E-state index contributed by atoms with van der Waals surface area (Å²) in [6.07, 6.45) is 2.22. The SMILES string of the molecule is CN1CC2CN(C(=O)c3cccs3)CC2(C(=O)N2CCCC2)C1. The average Bonchev–Trinajstić information content (AvgIpc) is 3.28. The molecular weight excluding hydrogens is 310 g/mol. The summed E-state index contributed by atoms with van der Waals surface area (Å²) in [5.41, 5.74) is -0.383. The van der Waals surface area contributed by atoms with E-state index in [4.69, 9.17) is 0 Å². The fourth-order valence-electron chi connectivity index (χ4n) is 4.56. The Balaban J connectivity index is 1.58. The summed E-state index contributed by atoms with van der Waals surface area (Å²) in [7, 11) is 2.09. The van der Waals surface area contributed by atoms with E-state index in [0.29, 0.717) is 13.1 Å². The van der Waals surface area contributed by atoms with Crippen LogP contribution in [0.3, 0.4) is 0 Å². The molecule has 4 heterocycles. The van der Waals surface area contributed by atoms with Gasteiger partial charge in [-0.3, -0.25) is 9.59 Å². The molecule has 3 saturated heterocycles. The molecule has 0 spiro atoms. The van der Waals surface area contributed by atoms with Gasteiger partial charge in [-0.05, 0) is 31.3 Å². The molecule has 0 bridgehead atoms. The Labute approximate surface area is 140 Å². The van der Waals surface area contributed by atoms with Crippen LogP contribution < -0.4 is 0 Å². The lowest BCUT2D eigenvalue weighted by atomic mass is 9.79. The van der Waals surface area contributed by atoms with E-state index in [1.165, 1.54) is 11.3 Å². The molecule has 2 atom stereocenters. The third-order valence-electron chi connectivity index (χ3n) is 5.62. The van der Waals surface area contributed by atoms with Gasteiger partial charge in [-0.25, -0.2) is 0 Å². The second-order valence-electron chi connectivity index (χ2n) is 7.21. The first-order valence-electron chi connectivity index (χ1n) is 8.41. The number of hydrogen-bond acceptors (Lipinski definition) is 4. The number of rotatable bonds is 2. The molecule has 6 heteroatoms. The smallest absolute Gasteiger partial charge is 0.263 e. The van der Waals surface area contributed by atoms with Crippen LogP contribution in [0.2, 0.25) is 0 Å². The number of carbonyl (C=O) groups is 2. The predicted octanol–water partition coefficient (Wildman–Crippen LogP) is 1.37. The fraction of sp³-hybridized carbons (Fsp3) is 0.647. The fourth-order valence-corrected chi connectivity index (χ4v) is 5.26. The summed E-state index contributed by atoms with van der Waals surface area (Å²) in [5, 5.41) is 1.93. The van der Waals surface area contributed by atoms with Crippen LogP contribution in [0.25, 0.3) is 0 Å². The molecule has 2 amide bonds. The first kappa shape index (κ1) is 15.1. The molecule has 23 heavy (non-hydrogen) atoms. The number of likely N-dealkylation sites (tertiary alicyclic amines) is 3. The maximum absolute atomic E-state index is 13.2. The van der Waals surface area contributed by atoms with Crippen LogP contribution in [0, 0.1) is 11.3 Å². The normalized spacial score (nSPS) is 30.9. The minimum absolute atomic E-state index is 0.0886. The molecule has 1 aromatic rings. The second-order valence-corrected chi connectivity index (χ2v) is 8.16. The Morgan fingerprint density at radius 2 is 1.96 bits per heavy atom. The molecule has 124 valence electrons. The van der Waals surface area contributed by atoms with Gasteiger partial charge in [-0.2, -0.15) is 0 Å². The molecule has 2 unspecified atom stereocenters. The predicted molar refractivity (Wildman–Crippen MR) is 89.5 cm³/mol. The lowest BCUT2D eigenvalue weighted by Crippen LogP contribution is -2.48. The van der Waals surface area contributed by atoms with Crippen LogP contribution in [0.15, 0.2) is 17.5 Å². The highest BCUT2D eigenvalue weighted by Gasteiger charge is 2.58. The van der Waals surface area contributed by atoms with Crippen molar-refractivity contribution < 1.29 is 9.59 Å². The van der Waals surface area contributed by atoms with Crippen molar-refractivity contribution >= 4 is 23.2 Å². The topological polar surface area (TPSA) is 43.9 Å². The van der Waals surface area contributed by atoms with E-state index in [1.54, 1.807) is 0 Å². The van der Waals surface area contributed by atoms with Crippen LogP contribution in [0.1, 0.15) is 22.5 Å². The van der Waals surface area contributed by atoms with Crippen molar-refractivity contribution in [3.8, 4) is 0 Å². The third-order valence-corrected chi connectivity index (χ3v) is 6.48. The molecule has 5 nitrogen and oxygen atoms in total. The molecule has 0 saturated carbocycles. The van der Waals surface area contributed by atoms with Gasteiger partial charge in [0.05, 0.1) is 10.3 Å². The number of nitrogens with zero attached hydrogens (tertiary/aromatic N) is 3. The van der Waals surface area contributed by atoms with Gasteiger partial charge in [0.25, 0.3) is 5.91 Å². The van der Waals surface area contributed by atoms with Crippen LogP contribution >= 0.6 is 11.3 Å². The van der Waals surface area contributed by atoms with Crippen molar-refractivity contribution in [1.82, 2.24) is 14.7 Å². The van der Waals surface area contributed by atoms with Gasteiger partial charge in [-0.15, -0.1) is 11.3 Å². The molecule has 4 rings (SSSR count). The second kappa shape index (κ2) is 5.60. The molecule has 3 aliphatic rings. The highest BCUT2D eigenvalue weighted by atomic mass is 32.1. The number of thiophene rings is 1. The summed E-state index contributed by atoms with van der Waals surface area (Å²) in [5.74, 6) is 0.640. The summed E-state index contributed by atoms with van der Waals surface area (Å²) in [4.78, 5) is 32.9. The van der Waals surface area contributed by atoms with E-state index in [0.717, 1.165) is 43.9 Å². The molecule has 0 aromatic carbocycles. The lowest BCUT2D eigenvalue weighted by Gasteiger charge is -2.32. The quantitative estimate of drug-likeness (QED) is 0.821. The number of amides is 2. The summed E-state index contributed by atoms with van der Waals surface area (Å²) in [6.45, 7) is 4.75. The van der Waals surface area contributed by atoms with E-state index in [9.17, 15) is 9.59 Å². The minimum atomic E-state index is -0.383. The standard InChI is InChI=1S/C17H23N3O2S/c1-18-9-13-10-20(15(21)14-5-4-8-23-14)12-17(13,11-18)16(22)19-6-2-3-7-19/h4-5,8,13H,2-3,6-7,9-12H2,1H3. The molecule has 0 radical (unpaired) electrons. The Bertz CT molecular complexity index is 611. The third kappa shape index (κ3) is 2.39. The van der Waals surface area contributed by atoms with Gasteiger partial charge in [0.2, 0.25) is 5.91 Å². The first-order valence-corrected chi connectivity index (χ1v) is 9.29. The Hall–Kier alpha value is -1.40. The van der Waals surface area contributed by atoms with Crippen molar-refractivity contribution in [2.75, 3.05) is 46.3 Å². The maximum Gasteiger partial charge on any atom is 0.263 e. The van der Waals surface area contributed by atoms with Crippen molar-refractivity contribution in [3.63, 3.8) is 0 Å². The van der Waals surface area contributed by atoms with Gasteiger partial charge >= 0.3 is 0 Å². The number of hydrogen-bond donors (Lipinski definition) is 0.